The van der Waals surface area contributed by atoms with Gasteiger partial charge in [0.15, 0.2) is 0 Å². The van der Waals surface area contributed by atoms with Gasteiger partial charge in [0.2, 0.25) is 0 Å². The molecule has 270 valence electrons. The van der Waals surface area contributed by atoms with Gasteiger partial charge in [0.05, 0.1) is 5.56 Å². The molecule has 4 heterocycles. The molecular formula is C37H50ClN7O4S. The van der Waals surface area contributed by atoms with Crippen molar-refractivity contribution in [2.24, 2.45) is 22.7 Å². The Morgan fingerprint density at radius 1 is 1.08 bits per heavy atom. The number of nitrogens with one attached hydrogen (secondary N) is 3. The van der Waals surface area contributed by atoms with Gasteiger partial charge in [-0.15, -0.1) is 0 Å². The zero-order chi connectivity index (χ0) is 35.3. The van der Waals surface area contributed by atoms with Crippen molar-refractivity contribution in [3.05, 3.63) is 53.3 Å². The van der Waals surface area contributed by atoms with E-state index in [1.165, 1.54) is 25.7 Å². The molecule has 7 rings (SSSR count). The second-order valence-corrected chi connectivity index (χ2v) is 17.4. The lowest BCUT2D eigenvalue weighted by molar-refractivity contribution is 0.0130. The number of hydrogen-bond acceptors (Lipinski definition) is 10. The van der Waals surface area contributed by atoms with Crippen LogP contribution in [0.3, 0.4) is 0 Å². The Bertz CT molecular complexity index is 1620. The van der Waals surface area contributed by atoms with E-state index >= 15 is 0 Å². The summed E-state index contributed by atoms with van der Waals surface area (Å²) in [5.74, 6) is 2.25. The maximum Gasteiger partial charge on any atom is 0.410 e. The van der Waals surface area contributed by atoms with Gasteiger partial charge in [-0.25, -0.2) is 14.8 Å². The Morgan fingerprint density at radius 3 is 2.54 bits per heavy atom. The van der Waals surface area contributed by atoms with Crippen LogP contribution in [0, 0.1) is 22.7 Å². The van der Waals surface area contributed by atoms with Crippen molar-refractivity contribution in [2.75, 3.05) is 30.0 Å². The molecule has 1 unspecified atom stereocenters. The number of hydrazine groups is 1. The third kappa shape index (κ3) is 7.45. The Labute approximate surface area is 304 Å². The molecule has 13 heteroatoms. The third-order valence-corrected chi connectivity index (χ3v) is 12.2. The lowest BCUT2D eigenvalue weighted by Gasteiger charge is -2.33. The van der Waals surface area contributed by atoms with Crippen LogP contribution in [0.2, 0.25) is 5.15 Å². The SMILES string of the molecule is CC(C)(C)OC(=O)N1C[C@@H](CCCNc2cccc(SNC(=O)c3ccc(N4C=CC(OCCC5C6(CC6)C56CC6)N4)nc3Cl)n2)CC1(C)C. The minimum atomic E-state index is -0.509. The van der Waals surface area contributed by atoms with Crippen molar-refractivity contribution in [1.29, 1.82) is 0 Å². The molecule has 3 saturated carbocycles. The highest BCUT2D eigenvalue weighted by Crippen LogP contribution is 2.93. The Morgan fingerprint density at radius 2 is 1.84 bits per heavy atom. The molecule has 50 heavy (non-hydrogen) atoms. The van der Waals surface area contributed by atoms with Gasteiger partial charge in [0.1, 0.15) is 33.6 Å². The van der Waals surface area contributed by atoms with E-state index < -0.39 is 5.60 Å². The number of anilines is 2. The van der Waals surface area contributed by atoms with Crippen LogP contribution in [-0.2, 0) is 9.47 Å². The molecule has 2 aromatic rings. The monoisotopic (exact) mass is 723 g/mol. The zero-order valence-corrected chi connectivity index (χ0v) is 31.3. The fourth-order valence-electron chi connectivity index (χ4n) is 8.57. The molecule has 1 saturated heterocycles. The van der Waals surface area contributed by atoms with E-state index in [2.05, 4.69) is 39.3 Å². The molecule has 2 amide bonds. The van der Waals surface area contributed by atoms with Crippen molar-refractivity contribution < 1.29 is 19.1 Å². The van der Waals surface area contributed by atoms with Crippen molar-refractivity contribution >= 4 is 47.2 Å². The lowest BCUT2D eigenvalue weighted by Crippen LogP contribution is -2.45. The molecule has 2 aliphatic heterocycles. The predicted molar refractivity (Wildman–Crippen MR) is 196 cm³/mol. The largest absolute Gasteiger partial charge is 0.444 e. The molecule has 2 aromatic heterocycles. The van der Waals surface area contributed by atoms with Crippen molar-refractivity contribution in [1.82, 2.24) is 25.0 Å². The van der Waals surface area contributed by atoms with Gasteiger partial charge >= 0.3 is 6.09 Å². The summed E-state index contributed by atoms with van der Waals surface area (Å²) in [4.78, 5) is 36.7. The molecule has 4 fully saturated rings. The van der Waals surface area contributed by atoms with Crippen molar-refractivity contribution in [3.8, 4) is 0 Å². The van der Waals surface area contributed by atoms with E-state index in [0.29, 0.717) is 34.1 Å². The Kier molecular flexibility index (Phi) is 9.53. The number of nitrogens with zero attached hydrogens (tertiary/aromatic N) is 4. The fraction of sp³-hybridized carbons (Fsp3) is 0.622. The second kappa shape index (κ2) is 13.5. The van der Waals surface area contributed by atoms with Gasteiger partial charge in [0.25, 0.3) is 5.91 Å². The molecule has 2 spiro atoms. The number of carbonyl (C=O) groups is 2. The average molecular weight is 724 g/mol. The molecule has 0 radical (unpaired) electrons. The fourth-order valence-corrected chi connectivity index (χ4v) is 9.40. The van der Waals surface area contributed by atoms with Crippen LogP contribution in [0.5, 0.6) is 0 Å². The van der Waals surface area contributed by atoms with Gasteiger partial charge in [-0.2, -0.15) is 5.43 Å². The van der Waals surface area contributed by atoms with E-state index in [1.807, 2.05) is 56.1 Å². The summed E-state index contributed by atoms with van der Waals surface area (Å²) in [7, 11) is 0. The number of aromatic nitrogens is 2. The van der Waals surface area contributed by atoms with Crippen molar-refractivity contribution in [3.63, 3.8) is 0 Å². The van der Waals surface area contributed by atoms with E-state index in [0.717, 1.165) is 62.5 Å². The molecule has 0 aromatic carbocycles. The van der Waals surface area contributed by atoms with Crippen LogP contribution in [0.1, 0.15) is 96.3 Å². The standard InChI is InChI=1S/C37H50ClN7O4S/c1-34(2,3)49-33(47)44-23-24(22-35(44,4)5)8-7-19-39-27-9-6-10-30(40-27)50-43-32(46)25-11-12-28(41-31(25)38)45-20-13-29(42-45)48-21-14-26-36(15-16-36)37(26)17-18-37/h6,9-13,20,24,26,29,42H,7-8,14-19,21-23H2,1-5H3,(H,39,40)(H,43,46)/t24-,29?/m0/s1. The summed E-state index contributed by atoms with van der Waals surface area (Å²) in [6, 6.07) is 9.08. The van der Waals surface area contributed by atoms with Crippen LogP contribution in [0.4, 0.5) is 16.4 Å². The molecule has 2 atom stereocenters. The average Bonchev–Trinajstić information content (AvgIpc) is 4.01. The first kappa shape index (κ1) is 35.3. The van der Waals surface area contributed by atoms with Crippen LogP contribution in [0.25, 0.3) is 0 Å². The summed E-state index contributed by atoms with van der Waals surface area (Å²) in [6.45, 7) is 12.1. The topological polar surface area (TPSA) is 121 Å². The number of ether oxygens (including phenoxy) is 2. The number of carbonyl (C=O) groups excluding carboxylic acids is 2. The molecule has 3 N–H and O–H groups in total. The van der Waals surface area contributed by atoms with E-state index in [4.69, 9.17) is 21.1 Å². The normalized spacial score (nSPS) is 23.8. The molecule has 11 nitrogen and oxygen atoms in total. The minimum Gasteiger partial charge on any atom is -0.444 e. The van der Waals surface area contributed by atoms with E-state index in [-0.39, 0.29) is 34.5 Å². The Hall–Kier alpha value is -3.06. The zero-order valence-electron chi connectivity index (χ0n) is 29.8. The van der Waals surface area contributed by atoms with E-state index in [1.54, 1.807) is 17.1 Å². The number of pyridine rings is 2. The van der Waals surface area contributed by atoms with Gasteiger partial charge < -0.3 is 19.7 Å². The quantitative estimate of drug-likeness (QED) is 0.109. The highest BCUT2D eigenvalue weighted by Gasteiger charge is 2.85. The van der Waals surface area contributed by atoms with Gasteiger partial charge in [0, 0.05) is 43.4 Å². The van der Waals surface area contributed by atoms with Gasteiger partial charge in [-0.05, 0) is 139 Å². The summed E-state index contributed by atoms with van der Waals surface area (Å²) < 4.78 is 14.6. The smallest absolute Gasteiger partial charge is 0.410 e. The number of likely N-dealkylation sites (tertiary alicyclic amines) is 1. The number of rotatable bonds is 13. The van der Waals surface area contributed by atoms with E-state index in [9.17, 15) is 9.59 Å². The summed E-state index contributed by atoms with van der Waals surface area (Å²) >= 11 is 7.60. The van der Waals surface area contributed by atoms with Crippen molar-refractivity contribution in [2.45, 2.75) is 108 Å². The first-order chi connectivity index (χ1) is 23.8. The summed E-state index contributed by atoms with van der Waals surface area (Å²) in [6.07, 6.45) is 13.1. The van der Waals surface area contributed by atoms with Gasteiger partial charge in [-0.1, -0.05) is 17.7 Å². The van der Waals surface area contributed by atoms with Gasteiger partial charge in [-0.3, -0.25) is 14.5 Å². The van der Waals surface area contributed by atoms with Crippen LogP contribution in [-0.4, -0.2) is 63.9 Å². The lowest BCUT2D eigenvalue weighted by atomic mass is 9.93. The predicted octanol–water partition coefficient (Wildman–Crippen LogP) is 7.56. The summed E-state index contributed by atoms with van der Waals surface area (Å²) in [5.41, 5.74) is 4.24. The maximum atomic E-state index is 13.0. The highest BCUT2D eigenvalue weighted by atomic mass is 35.5. The third-order valence-electron chi connectivity index (χ3n) is 11.2. The molecular weight excluding hydrogens is 674 g/mol. The maximum absolute atomic E-state index is 13.0. The van der Waals surface area contributed by atoms with Crippen LogP contribution < -0.4 is 20.5 Å². The Balaban J connectivity index is 0.817. The molecule has 5 aliphatic rings. The first-order valence-corrected chi connectivity index (χ1v) is 19.2. The number of halogens is 1. The molecule has 3 aliphatic carbocycles. The number of hydrogen-bond donors (Lipinski definition) is 3. The highest BCUT2D eigenvalue weighted by molar-refractivity contribution is 7.97. The first-order valence-electron chi connectivity index (χ1n) is 18.0. The van der Waals surface area contributed by atoms with Crippen LogP contribution >= 0.6 is 23.5 Å². The number of fused-ring (bicyclic) bond motifs is 1. The minimum absolute atomic E-state index is 0.113. The molecule has 0 bridgehead atoms. The van der Waals surface area contributed by atoms with Crippen LogP contribution in [0.15, 0.2) is 47.6 Å². The second-order valence-electron chi connectivity index (χ2n) is 16.2. The summed E-state index contributed by atoms with van der Waals surface area (Å²) in [5, 5.41) is 5.92. The number of amides is 2.